The quantitative estimate of drug-likeness (QED) is 0.633. The molecule has 0 rings (SSSR count). The summed E-state index contributed by atoms with van der Waals surface area (Å²) in [4.78, 5) is 11.7. The fraction of sp³-hybridized carbons (Fsp3) is 0.923. The molecule has 3 N–H and O–H groups in total. The molecule has 3 atom stereocenters. The number of nitrogens with one attached hydrogen (secondary N) is 1. The number of rotatable bonds is 8. The Labute approximate surface area is 105 Å². The van der Waals surface area contributed by atoms with Crippen LogP contribution in [0.2, 0.25) is 0 Å². The maximum Gasteiger partial charge on any atom is 0.323 e. The first-order valence-electron chi connectivity index (χ1n) is 6.49. The van der Waals surface area contributed by atoms with E-state index >= 15 is 0 Å². The summed E-state index contributed by atoms with van der Waals surface area (Å²) >= 11 is 0. The molecule has 0 bridgehead atoms. The lowest BCUT2D eigenvalue weighted by molar-refractivity contribution is -0.144. The van der Waals surface area contributed by atoms with Crippen molar-refractivity contribution in [1.29, 1.82) is 0 Å². The predicted octanol–water partition coefficient (Wildman–Crippen LogP) is 1.39. The van der Waals surface area contributed by atoms with Crippen LogP contribution in [0.25, 0.3) is 0 Å². The van der Waals surface area contributed by atoms with Crippen LogP contribution in [-0.4, -0.2) is 32.2 Å². The molecule has 4 nitrogen and oxygen atoms in total. The number of hydrogen-bond acceptors (Lipinski definition) is 4. The van der Waals surface area contributed by atoms with Gasteiger partial charge in [-0.1, -0.05) is 34.1 Å². The number of carbonyl (C=O) groups excluding carboxylic acids is 1. The van der Waals surface area contributed by atoms with Gasteiger partial charge in [-0.2, -0.15) is 0 Å². The molecular weight excluding hydrogens is 216 g/mol. The van der Waals surface area contributed by atoms with Crippen molar-refractivity contribution in [3.63, 3.8) is 0 Å². The lowest BCUT2D eigenvalue weighted by Gasteiger charge is -2.26. The summed E-state index contributed by atoms with van der Waals surface area (Å²) in [5.74, 6) is 1.00. The Morgan fingerprint density at radius 1 is 1.35 bits per heavy atom. The highest BCUT2D eigenvalue weighted by Gasteiger charge is 2.25. The van der Waals surface area contributed by atoms with Gasteiger partial charge in [0.25, 0.3) is 0 Å². The van der Waals surface area contributed by atoms with Gasteiger partial charge in [-0.25, -0.2) is 0 Å². The van der Waals surface area contributed by atoms with Crippen molar-refractivity contribution in [3.05, 3.63) is 0 Å². The van der Waals surface area contributed by atoms with Crippen molar-refractivity contribution in [2.45, 2.75) is 40.2 Å². The van der Waals surface area contributed by atoms with Crippen LogP contribution in [0.5, 0.6) is 0 Å². The molecule has 0 spiro atoms. The van der Waals surface area contributed by atoms with E-state index in [-0.39, 0.29) is 17.9 Å². The highest BCUT2D eigenvalue weighted by Crippen LogP contribution is 2.12. The van der Waals surface area contributed by atoms with E-state index in [4.69, 9.17) is 10.5 Å². The van der Waals surface area contributed by atoms with E-state index in [1.807, 2.05) is 0 Å². The molecule has 0 fully saturated rings. The molecule has 0 aliphatic heterocycles. The minimum atomic E-state index is -0.224. The molecule has 17 heavy (non-hydrogen) atoms. The molecular formula is C13H28N2O2. The lowest BCUT2D eigenvalue weighted by atomic mass is 9.94. The molecule has 0 aromatic rings. The second kappa shape index (κ2) is 8.48. The predicted molar refractivity (Wildman–Crippen MR) is 70.6 cm³/mol. The molecule has 0 heterocycles. The second-order valence-electron chi connectivity index (χ2n) is 5.03. The van der Waals surface area contributed by atoms with Crippen LogP contribution in [0.3, 0.4) is 0 Å². The summed E-state index contributed by atoms with van der Waals surface area (Å²) in [7, 11) is 1.43. The van der Waals surface area contributed by atoms with Crippen LogP contribution in [0.1, 0.15) is 34.1 Å². The van der Waals surface area contributed by atoms with Crippen molar-refractivity contribution >= 4 is 5.97 Å². The Bertz CT molecular complexity index is 219. The lowest BCUT2D eigenvalue weighted by Crippen LogP contribution is -2.46. The van der Waals surface area contributed by atoms with Crippen LogP contribution in [0.15, 0.2) is 0 Å². The van der Waals surface area contributed by atoms with Gasteiger partial charge in [-0.3, -0.25) is 4.79 Å². The molecule has 0 aliphatic rings. The average molecular weight is 244 g/mol. The van der Waals surface area contributed by atoms with Crippen LogP contribution in [0, 0.1) is 17.8 Å². The average Bonchev–Trinajstić information content (AvgIpc) is 2.32. The Morgan fingerprint density at radius 3 is 2.29 bits per heavy atom. The summed E-state index contributed by atoms with van der Waals surface area (Å²) in [6.45, 7) is 9.83. The smallest absolute Gasteiger partial charge is 0.323 e. The third-order valence-corrected chi connectivity index (χ3v) is 3.51. The monoisotopic (exact) mass is 244 g/mol. The summed E-state index contributed by atoms with van der Waals surface area (Å²) in [6, 6.07) is -0.224. The third kappa shape index (κ3) is 5.50. The van der Waals surface area contributed by atoms with Crippen LogP contribution in [-0.2, 0) is 9.53 Å². The van der Waals surface area contributed by atoms with Gasteiger partial charge in [-0.15, -0.1) is 0 Å². The molecule has 0 aromatic carbocycles. The zero-order valence-corrected chi connectivity index (χ0v) is 11.8. The first kappa shape index (κ1) is 16.4. The molecule has 0 saturated carbocycles. The maximum absolute atomic E-state index is 11.7. The maximum atomic E-state index is 11.7. The van der Waals surface area contributed by atoms with E-state index in [0.717, 1.165) is 13.0 Å². The van der Waals surface area contributed by atoms with E-state index < -0.39 is 0 Å². The number of hydrogen-bond donors (Lipinski definition) is 2. The zero-order chi connectivity index (χ0) is 13.4. The van der Waals surface area contributed by atoms with Crippen molar-refractivity contribution < 1.29 is 9.53 Å². The first-order valence-corrected chi connectivity index (χ1v) is 6.49. The van der Waals surface area contributed by atoms with E-state index in [1.165, 1.54) is 7.11 Å². The molecule has 0 radical (unpaired) electrons. The topological polar surface area (TPSA) is 64.3 Å². The number of carbonyl (C=O) groups is 1. The van der Waals surface area contributed by atoms with Crippen LogP contribution >= 0.6 is 0 Å². The van der Waals surface area contributed by atoms with Gasteiger partial charge in [-0.05, 0) is 24.3 Å². The summed E-state index contributed by atoms with van der Waals surface area (Å²) in [6.07, 6.45) is 0.946. The van der Waals surface area contributed by atoms with Gasteiger partial charge >= 0.3 is 5.97 Å². The fourth-order valence-corrected chi connectivity index (χ4v) is 1.75. The molecule has 0 aliphatic carbocycles. The number of ether oxygens (including phenoxy) is 1. The van der Waals surface area contributed by atoms with Crippen molar-refractivity contribution in [2.75, 3.05) is 20.2 Å². The van der Waals surface area contributed by atoms with Gasteiger partial charge in [0.15, 0.2) is 0 Å². The van der Waals surface area contributed by atoms with Crippen LogP contribution < -0.4 is 11.1 Å². The van der Waals surface area contributed by atoms with Gasteiger partial charge in [0, 0.05) is 6.54 Å². The second-order valence-corrected chi connectivity index (χ2v) is 5.03. The normalized spacial score (nSPS) is 16.6. The van der Waals surface area contributed by atoms with E-state index in [2.05, 4.69) is 33.0 Å². The highest BCUT2D eigenvalue weighted by atomic mass is 16.5. The minimum Gasteiger partial charge on any atom is -0.468 e. The Morgan fingerprint density at radius 2 is 1.94 bits per heavy atom. The van der Waals surface area contributed by atoms with E-state index in [1.54, 1.807) is 0 Å². The zero-order valence-electron chi connectivity index (χ0n) is 11.8. The molecule has 0 amide bonds. The summed E-state index contributed by atoms with van der Waals surface area (Å²) in [5.41, 5.74) is 5.72. The van der Waals surface area contributed by atoms with Crippen molar-refractivity contribution in [3.8, 4) is 0 Å². The van der Waals surface area contributed by atoms with Crippen molar-refractivity contribution in [1.82, 2.24) is 5.32 Å². The number of esters is 1. The first-order chi connectivity index (χ1) is 7.97. The van der Waals surface area contributed by atoms with Crippen LogP contribution in [0.4, 0.5) is 0 Å². The summed E-state index contributed by atoms with van der Waals surface area (Å²) < 4.78 is 4.83. The highest BCUT2D eigenvalue weighted by molar-refractivity contribution is 5.75. The number of methoxy groups -OCH3 is 1. The Balaban J connectivity index is 4.39. The number of nitrogens with two attached hydrogens (primary N) is 1. The van der Waals surface area contributed by atoms with E-state index in [9.17, 15) is 4.79 Å². The molecule has 0 aromatic heterocycles. The van der Waals surface area contributed by atoms with Gasteiger partial charge in [0.05, 0.1) is 7.11 Å². The Kier molecular flexibility index (Phi) is 8.17. The molecule has 4 heteroatoms. The van der Waals surface area contributed by atoms with Crippen molar-refractivity contribution in [2.24, 2.45) is 23.5 Å². The fourth-order valence-electron chi connectivity index (χ4n) is 1.75. The minimum absolute atomic E-state index is 0.182. The van der Waals surface area contributed by atoms with E-state index in [0.29, 0.717) is 18.4 Å². The standard InChI is InChI=1S/C13H28N2O2/c1-6-10(4)12(13(16)17-5)15-8-11(7-14)9(2)3/h9-12,15H,6-8,14H2,1-5H3. The Hall–Kier alpha value is -0.610. The van der Waals surface area contributed by atoms with Gasteiger partial charge in [0.2, 0.25) is 0 Å². The SMILES string of the molecule is CCC(C)C(NCC(CN)C(C)C)C(=O)OC. The summed E-state index contributed by atoms with van der Waals surface area (Å²) in [5, 5.41) is 3.30. The molecule has 3 unspecified atom stereocenters. The largest absolute Gasteiger partial charge is 0.468 e. The molecule has 102 valence electrons. The van der Waals surface area contributed by atoms with Gasteiger partial charge in [0.1, 0.15) is 6.04 Å². The third-order valence-electron chi connectivity index (χ3n) is 3.51. The molecule has 0 saturated heterocycles. The van der Waals surface area contributed by atoms with Gasteiger partial charge < -0.3 is 15.8 Å².